The first-order valence-corrected chi connectivity index (χ1v) is 24.9. The summed E-state index contributed by atoms with van der Waals surface area (Å²) in [5.41, 5.74) is 0. The fourth-order valence-electron chi connectivity index (χ4n) is 8.21. The monoisotopic (exact) mass is 1060 g/mol. The molecule has 6 rings (SSSR count). The Kier molecular flexibility index (Phi) is 24.5. The summed E-state index contributed by atoms with van der Waals surface area (Å²) < 4.78 is 114. The minimum atomic E-state index is -4.67. The highest BCUT2D eigenvalue weighted by Crippen LogP contribution is 2.43. The molecule has 0 spiro atoms. The Bertz CT molecular complexity index is 1800. The van der Waals surface area contributed by atoms with Crippen molar-refractivity contribution in [2.45, 2.75) is 225 Å². The number of aliphatic carboxylic acids is 2. The molecule has 72 heavy (non-hydrogen) atoms. The first kappa shape index (κ1) is 65.1. The fraction of sp³-hybridized carbons (Fsp3) is 0.891. The van der Waals surface area contributed by atoms with E-state index in [1.54, 1.807) is 13.8 Å². The molecule has 25 nitrogen and oxygen atoms in total. The van der Waals surface area contributed by atoms with Gasteiger partial charge in [0.2, 0.25) is 0 Å². The second-order valence-corrected chi connectivity index (χ2v) is 20.4. The van der Waals surface area contributed by atoms with Gasteiger partial charge in [-0.1, -0.05) is 7.43 Å². The second kappa shape index (κ2) is 27.1. The summed E-state index contributed by atoms with van der Waals surface area (Å²) in [6.07, 6.45) is -2.41. The number of ether oxygens (including phenoxy) is 14. The first-order valence-electron chi connectivity index (χ1n) is 23.5. The van der Waals surface area contributed by atoms with Gasteiger partial charge < -0.3 is 76.5 Å². The van der Waals surface area contributed by atoms with Crippen LogP contribution in [0, 0.1) is 0 Å². The van der Waals surface area contributed by atoms with E-state index in [2.05, 4.69) is 0 Å². The van der Waals surface area contributed by atoms with Crippen molar-refractivity contribution in [1.29, 1.82) is 0 Å². The summed E-state index contributed by atoms with van der Waals surface area (Å²) in [5, 5.41) is 16.3. The number of carboxylic acid groups (broad SMARTS) is 2. The van der Waals surface area contributed by atoms with Crippen LogP contribution < -0.4 is 0 Å². The number of hydrogen-bond acceptors (Lipinski definition) is 21. The predicted molar refractivity (Wildman–Crippen MR) is 247 cm³/mol. The highest BCUT2D eigenvalue weighted by atomic mass is 32.3. The third-order valence-electron chi connectivity index (χ3n) is 11.0. The van der Waals surface area contributed by atoms with Crippen LogP contribution in [0.3, 0.4) is 0 Å². The van der Waals surface area contributed by atoms with Crippen LogP contribution in [0.5, 0.6) is 0 Å². The van der Waals surface area contributed by atoms with Gasteiger partial charge in [0.05, 0.1) is 65.3 Å². The lowest BCUT2D eigenvalue weighted by Crippen LogP contribution is -2.45. The quantitative estimate of drug-likeness (QED) is 0.108. The van der Waals surface area contributed by atoms with E-state index in [1.807, 2.05) is 69.2 Å². The molecule has 8 atom stereocenters. The number of hydrogen-bond donors (Lipinski definition) is 4. The van der Waals surface area contributed by atoms with Gasteiger partial charge in [-0.25, -0.2) is 0 Å². The van der Waals surface area contributed by atoms with Crippen LogP contribution in [0.1, 0.15) is 142 Å². The van der Waals surface area contributed by atoms with Crippen molar-refractivity contribution in [2.75, 3.05) is 39.6 Å². The molecule has 6 saturated heterocycles. The highest BCUT2D eigenvalue weighted by molar-refractivity contribution is 7.79. The van der Waals surface area contributed by atoms with Crippen LogP contribution >= 0.6 is 0 Å². The van der Waals surface area contributed by atoms with Crippen LogP contribution in [-0.2, 0) is 101 Å². The number of rotatable bonds is 18. The molecule has 0 bridgehead atoms. The Morgan fingerprint density at radius 3 is 0.986 bits per heavy atom. The molecule has 6 fully saturated rings. The molecule has 0 unspecified atom stereocenters. The lowest BCUT2D eigenvalue weighted by Gasteiger charge is -2.30. The van der Waals surface area contributed by atoms with Crippen molar-refractivity contribution in [2.24, 2.45) is 0 Å². The van der Waals surface area contributed by atoms with Crippen LogP contribution in [0.25, 0.3) is 0 Å². The number of carboxylic acids is 2. The summed E-state index contributed by atoms with van der Waals surface area (Å²) in [6.45, 7) is 24.5. The van der Waals surface area contributed by atoms with Gasteiger partial charge in [0.1, 0.15) is 54.6 Å². The molecule has 0 aliphatic carbocycles. The van der Waals surface area contributed by atoms with E-state index in [0.717, 1.165) is 0 Å². The zero-order valence-electron chi connectivity index (χ0n) is 42.8. The van der Waals surface area contributed by atoms with Crippen molar-refractivity contribution in [1.82, 2.24) is 0 Å². The van der Waals surface area contributed by atoms with Crippen LogP contribution in [-0.4, -0.2) is 181 Å². The van der Waals surface area contributed by atoms with E-state index in [9.17, 15) is 24.0 Å². The molecule has 420 valence electrons. The van der Waals surface area contributed by atoms with E-state index >= 15 is 0 Å². The van der Waals surface area contributed by atoms with Gasteiger partial charge in [0.25, 0.3) is 0 Å². The van der Waals surface area contributed by atoms with Crippen LogP contribution in [0.4, 0.5) is 0 Å². The van der Waals surface area contributed by atoms with Crippen LogP contribution in [0.15, 0.2) is 0 Å². The molecule has 0 aromatic heterocycles. The highest BCUT2D eigenvalue weighted by Gasteiger charge is 2.57. The van der Waals surface area contributed by atoms with Gasteiger partial charge in [-0.05, 0) is 83.1 Å². The average molecular weight is 1070 g/mol. The largest absolute Gasteiger partial charge is 0.481 e. The van der Waals surface area contributed by atoms with Gasteiger partial charge in [0, 0.05) is 25.7 Å². The number of carbonyl (C=O) groups excluding carboxylic acids is 3. The number of Topliss-reactive ketones (excluding diaryl/α,β-unsaturated/α-hetero) is 1. The summed E-state index contributed by atoms with van der Waals surface area (Å²) in [7, 11) is -4.67. The SMILES string of the molecule is C.CC1(C)O[C@H]([C@@H]2COC(C)(C)O2)[C@@H]([C@H]2COC(C)(C)O2)O1.CCOC(=O)CCC1(CCC(=O)OCC)OC[C@H]([C@H]2OC(C)(C)O[C@@H]2[C@@H]2COC(C)(C)O2)O1.O=C(O)CCC(=O)CCC(=O)O.O=S(=O)(O)O. The van der Waals surface area contributed by atoms with Crippen LogP contribution in [0.2, 0.25) is 0 Å². The maximum absolute atomic E-state index is 12.0. The molecule has 0 radical (unpaired) electrons. The van der Waals surface area contributed by atoms with Gasteiger partial charge >= 0.3 is 34.3 Å². The number of carbonyl (C=O) groups is 5. The molecule has 6 aliphatic heterocycles. The molecule has 0 amide bonds. The predicted octanol–water partition coefficient (Wildman–Crippen LogP) is 4.53. The average Bonchev–Trinajstić information content (AvgIpc) is 4.09. The van der Waals surface area contributed by atoms with Crippen molar-refractivity contribution in [3.63, 3.8) is 0 Å². The Morgan fingerprint density at radius 1 is 0.458 bits per heavy atom. The van der Waals surface area contributed by atoms with Crippen molar-refractivity contribution < 1.29 is 118 Å². The smallest absolute Gasteiger partial charge is 0.394 e. The maximum atomic E-state index is 12.0. The Hall–Kier alpha value is -3.06. The van der Waals surface area contributed by atoms with E-state index in [1.165, 1.54) is 0 Å². The summed E-state index contributed by atoms with van der Waals surface area (Å²) >= 11 is 0. The second-order valence-electron chi connectivity index (χ2n) is 19.5. The van der Waals surface area contributed by atoms with Gasteiger partial charge in [-0.15, -0.1) is 0 Å². The molecule has 4 N–H and O–H groups in total. The number of ketones is 1. The normalized spacial score (nSPS) is 30.0. The standard InChI is InChI=1S/C23H38O10.C15H26O6.C7H10O5.CH4.H2O4S/c1-7-26-17(24)9-11-23(12-10-18(25)27-8-2)29-14-16(31-23)20-19(32-22(5,6)33-20)15-13-28-21(3,4)30-15;1-13(2)16-7-9(18-13)11-12(21-15(5,6)20-11)10-8-17-14(3,4)19-10;8-5(1-3-6(9)10)2-4-7(11)12;;1-5(2,3)4/h15-16,19-20H,7-14H2,1-6H3;9-12H,7-8H2,1-6H3;1-4H2,(H,9,10)(H,11,12);1H4;(H2,1,2,3,4)/t15-,16+,19+,20+;9-,10+,11-,12-;;;/m01.../s1. The Balaban J connectivity index is 0.000000387. The minimum Gasteiger partial charge on any atom is -0.481 e. The lowest BCUT2D eigenvalue weighted by atomic mass is 10.0. The number of esters is 2. The zero-order valence-corrected chi connectivity index (χ0v) is 43.6. The molecule has 0 saturated carbocycles. The fourth-order valence-corrected chi connectivity index (χ4v) is 8.21. The van der Waals surface area contributed by atoms with Gasteiger partial charge in [0.15, 0.2) is 34.7 Å². The maximum Gasteiger partial charge on any atom is 0.394 e. The van der Waals surface area contributed by atoms with Crippen molar-refractivity contribution in [3.05, 3.63) is 0 Å². The third kappa shape index (κ3) is 22.8. The first-order chi connectivity index (χ1) is 32.6. The summed E-state index contributed by atoms with van der Waals surface area (Å²) in [5.74, 6) is -7.61. The molecule has 26 heteroatoms. The van der Waals surface area contributed by atoms with E-state index < -0.39 is 75.4 Å². The summed E-state index contributed by atoms with van der Waals surface area (Å²) in [4.78, 5) is 54.7. The van der Waals surface area contributed by atoms with Crippen molar-refractivity contribution >= 4 is 40.1 Å². The van der Waals surface area contributed by atoms with E-state index in [0.29, 0.717) is 33.0 Å². The third-order valence-corrected chi connectivity index (χ3v) is 11.0. The lowest BCUT2D eigenvalue weighted by molar-refractivity contribution is -0.201. The summed E-state index contributed by atoms with van der Waals surface area (Å²) in [6, 6.07) is 0. The van der Waals surface area contributed by atoms with Gasteiger partial charge in [-0.2, -0.15) is 8.42 Å². The van der Waals surface area contributed by atoms with E-state index in [4.69, 9.17) is 94.1 Å². The van der Waals surface area contributed by atoms with Gasteiger partial charge in [-0.3, -0.25) is 33.1 Å². The van der Waals surface area contributed by atoms with Crippen molar-refractivity contribution in [3.8, 4) is 0 Å². The molecule has 6 aliphatic rings. The Morgan fingerprint density at radius 2 is 0.736 bits per heavy atom. The zero-order chi connectivity index (χ0) is 53.8. The molecule has 6 heterocycles. The Labute approximate surface area is 422 Å². The molecular weight excluding hydrogens is 985 g/mol. The molecule has 0 aromatic rings. The topological polar surface area (TPSA) is 330 Å². The molecule has 0 aromatic carbocycles. The minimum absolute atomic E-state index is 0. The van der Waals surface area contributed by atoms with E-state index in [-0.39, 0.29) is 114 Å². The molecular formula is C46H80O25S.